The summed E-state index contributed by atoms with van der Waals surface area (Å²) in [6, 6.07) is 13.7. The molecule has 8 heteroatoms. The van der Waals surface area contributed by atoms with Crippen LogP contribution in [0.15, 0.2) is 60.9 Å². The Bertz CT molecular complexity index is 1050. The lowest BCUT2D eigenvalue weighted by Gasteiger charge is -2.08. The second-order valence-electron chi connectivity index (χ2n) is 6.27. The van der Waals surface area contributed by atoms with E-state index in [4.69, 9.17) is 0 Å². The average molecular weight is 389 g/mol. The fourth-order valence-electron chi connectivity index (χ4n) is 2.51. The Morgan fingerprint density at radius 3 is 1.97 bits per heavy atom. The topological polar surface area (TPSA) is 113 Å². The van der Waals surface area contributed by atoms with Gasteiger partial charge in [0.15, 0.2) is 5.78 Å². The van der Waals surface area contributed by atoms with E-state index in [-0.39, 0.29) is 23.2 Å². The molecular formula is C21H19N5O3. The van der Waals surface area contributed by atoms with Crippen LogP contribution in [0.1, 0.15) is 34.6 Å². The van der Waals surface area contributed by atoms with Crippen molar-refractivity contribution < 1.29 is 14.4 Å². The van der Waals surface area contributed by atoms with E-state index in [1.54, 1.807) is 48.5 Å². The molecule has 0 radical (unpaired) electrons. The van der Waals surface area contributed by atoms with E-state index in [1.807, 2.05) is 0 Å². The number of nitrogens with one attached hydrogen (secondary N) is 3. The number of nitrogens with zero attached hydrogens (tertiary/aromatic N) is 2. The van der Waals surface area contributed by atoms with Crippen molar-refractivity contribution >= 4 is 40.6 Å². The predicted octanol–water partition coefficient (Wildman–Crippen LogP) is 3.63. The number of hydrogen-bond acceptors (Lipinski definition) is 6. The lowest BCUT2D eigenvalue weighted by atomic mass is 10.1. The van der Waals surface area contributed by atoms with Gasteiger partial charge in [-0.25, -0.2) is 9.97 Å². The molecule has 0 atom stereocenters. The summed E-state index contributed by atoms with van der Waals surface area (Å²) in [5.41, 5.74) is 2.75. The second kappa shape index (κ2) is 8.75. The average Bonchev–Trinajstić information content (AvgIpc) is 2.68. The van der Waals surface area contributed by atoms with Crippen LogP contribution in [0.3, 0.4) is 0 Å². The Kier molecular flexibility index (Phi) is 5.94. The Hall–Kier alpha value is -4.07. The molecule has 3 aromatic rings. The molecule has 1 heterocycles. The summed E-state index contributed by atoms with van der Waals surface area (Å²) in [4.78, 5) is 43.1. The number of rotatable bonds is 6. The Morgan fingerprint density at radius 1 is 0.759 bits per heavy atom. The van der Waals surface area contributed by atoms with Crippen molar-refractivity contribution in [2.45, 2.75) is 13.8 Å². The number of benzene rings is 2. The van der Waals surface area contributed by atoms with E-state index in [2.05, 4.69) is 25.9 Å². The summed E-state index contributed by atoms with van der Waals surface area (Å²) >= 11 is 0. The maximum atomic E-state index is 12.4. The first kappa shape index (κ1) is 19.7. The van der Waals surface area contributed by atoms with Gasteiger partial charge in [0.05, 0.1) is 5.56 Å². The van der Waals surface area contributed by atoms with Gasteiger partial charge in [-0.2, -0.15) is 0 Å². The van der Waals surface area contributed by atoms with Crippen molar-refractivity contribution in [3.05, 3.63) is 72.1 Å². The molecule has 146 valence electrons. The third-order valence-corrected chi connectivity index (χ3v) is 3.90. The highest BCUT2D eigenvalue weighted by atomic mass is 16.2. The van der Waals surface area contributed by atoms with E-state index in [0.717, 1.165) is 5.69 Å². The van der Waals surface area contributed by atoms with E-state index < -0.39 is 0 Å². The van der Waals surface area contributed by atoms with Gasteiger partial charge in [0, 0.05) is 41.9 Å². The minimum atomic E-state index is -0.373. The fraction of sp³-hybridized carbons (Fsp3) is 0.0952. The van der Waals surface area contributed by atoms with Crippen LogP contribution < -0.4 is 16.0 Å². The van der Waals surface area contributed by atoms with Gasteiger partial charge in [-0.1, -0.05) is 6.07 Å². The van der Waals surface area contributed by atoms with Gasteiger partial charge in [0.25, 0.3) is 5.91 Å². The molecule has 0 bridgehead atoms. The van der Waals surface area contributed by atoms with Gasteiger partial charge in [0.1, 0.15) is 0 Å². The molecule has 3 N–H and O–H groups in total. The van der Waals surface area contributed by atoms with Crippen LogP contribution in [-0.2, 0) is 4.79 Å². The predicted molar refractivity (Wildman–Crippen MR) is 110 cm³/mol. The summed E-state index contributed by atoms with van der Waals surface area (Å²) in [5.74, 6) is -0.251. The number of aromatic nitrogens is 2. The number of hydrogen-bond donors (Lipinski definition) is 3. The molecule has 1 aromatic heterocycles. The standard InChI is InChI=1S/C21H19N5O3/c1-13(27)15-6-8-17(9-7-15)26-21-22-11-16(12-23-21)20(29)25-19-5-3-4-18(10-19)24-14(2)28/h3-12H,1-2H3,(H,24,28)(H,25,29)(H,22,23,26). The Labute approximate surface area is 167 Å². The third-order valence-electron chi connectivity index (χ3n) is 3.90. The van der Waals surface area contributed by atoms with Crippen LogP contribution in [0.25, 0.3) is 0 Å². The quantitative estimate of drug-likeness (QED) is 0.555. The van der Waals surface area contributed by atoms with Crippen molar-refractivity contribution in [3.63, 3.8) is 0 Å². The molecule has 0 saturated carbocycles. The van der Waals surface area contributed by atoms with Gasteiger partial charge in [-0.15, -0.1) is 0 Å². The van der Waals surface area contributed by atoms with Crippen LogP contribution in [0.4, 0.5) is 23.0 Å². The number of ketones is 1. The van der Waals surface area contributed by atoms with Crippen molar-refractivity contribution in [3.8, 4) is 0 Å². The molecule has 0 saturated heterocycles. The van der Waals surface area contributed by atoms with Crippen molar-refractivity contribution in [2.24, 2.45) is 0 Å². The summed E-state index contributed by atoms with van der Waals surface area (Å²) in [6.45, 7) is 2.92. The Morgan fingerprint density at radius 2 is 1.38 bits per heavy atom. The number of anilines is 4. The molecule has 0 aliphatic heterocycles. The number of Topliss-reactive ketones (excluding diaryl/α,β-unsaturated/α-hetero) is 1. The lowest BCUT2D eigenvalue weighted by Crippen LogP contribution is -2.13. The minimum absolute atomic E-state index is 0.00854. The molecule has 2 amide bonds. The third kappa shape index (κ3) is 5.46. The molecule has 3 rings (SSSR count). The van der Waals surface area contributed by atoms with Crippen LogP contribution in [-0.4, -0.2) is 27.6 Å². The summed E-state index contributed by atoms with van der Waals surface area (Å²) in [5, 5.41) is 8.40. The van der Waals surface area contributed by atoms with Crippen LogP contribution in [0, 0.1) is 0 Å². The van der Waals surface area contributed by atoms with Gasteiger partial charge < -0.3 is 16.0 Å². The zero-order chi connectivity index (χ0) is 20.8. The van der Waals surface area contributed by atoms with Crippen molar-refractivity contribution in [1.82, 2.24) is 9.97 Å². The van der Waals surface area contributed by atoms with Gasteiger partial charge in [-0.05, 0) is 49.4 Å². The van der Waals surface area contributed by atoms with E-state index in [1.165, 1.54) is 26.2 Å². The zero-order valence-electron chi connectivity index (χ0n) is 15.9. The summed E-state index contributed by atoms with van der Waals surface area (Å²) < 4.78 is 0. The largest absolute Gasteiger partial charge is 0.326 e. The highest BCUT2D eigenvalue weighted by Gasteiger charge is 2.09. The van der Waals surface area contributed by atoms with Gasteiger partial charge in [-0.3, -0.25) is 14.4 Å². The minimum Gasteiger partial charge on any atom is -0.326 e. The van der Waals surface area contributed by atoms with E-state index in [0.29, 0.717) is 22.9 Å². The molecule has 0 aliphatic carbocycles. The van der Waals surface area contributed by atoms with E-state index in [9.17, 15) is 14.4 Å². The molecule has 0 aliphatic rings. The zero-order valence-corrected chi connectivity index (χ0v) is 15.9. The SMILES string of the molecule is CC(=O)Nc1cccc(NC(=O)c2cnc(Nc3ccc(C(C)=O)cc3)nc2)c1. The van der Waals surface area contributed by atoms with Crippen LogP contribution in [0.5, 0.6) is 0 Å². The summed E-state index contributed by atoms with van der Waals surface area (Å²) in [7, 11) is 0. The molecule has 29 heavy (non-hydrogen) atoms. The van der Waals surface area contributed by atoms with Crippen LogP contribution >= 0.6 is 0 Å². The number of carbonyl (C=O) groups is 3. The van der Waals surface area contributed by atoms with Crippen LogP contribution in [0.2, 0.25) is 0 Å². The maximum Gasteiger partial charge on any atom is 0.258 e. The van der Waals surface area contributed by atoms with Gasteiger partial charge >= 0.3 is 0 Å². The first-order valence-corrected chi connectivity index (χ1v) is 8.80. The molecule has 8 nitrogen and oxygen atoms in total. The fourth-order valence-corrected chi connectivity index (χ4v) is 2.51. The molecule has 0 fully saturated rings. The summed E-state index contributed by atoms with van der Waals surface area (Å²) in [6.07, 6.45) is 2.82. The highest BCUT2D eigenvalue weighted by Crippen LogP contribution is 2.17. The Balaban J connectivity index is 1.64. The smallest absolute Gasteiger partial charge is 0.258 e. The van der Waals surface area contributed by atoms with Crippen molar-refractivity contribution in [1.29, 1.82) is 0 Å². The van der Waals surface area contributed by atoms with E-state index >= 15 is 0 Å². The monoisotopic (exact) mass is 389 g/mol. The first-order chi connectivity index (χ1) is 13.9. The first-order valence-electron chi connectivity index (χ1n) is 8.80. The normalized spacial score (nSPS) is 10.1. The van der Waals surface area contributed by atoms with Gasteiger partial charge in [0.2, 0.25) is 11.9 Å². The molecule has 0 spiro atoms. The number of carbonyl (C=O) groups excluding carboxylic acids is 3. The molecular weight excluding hydrogens is 370 g/mol. The van der Waals surface area contributed by atoms with Crippen molar-refractivity contribution in [2.75, 3.05) is 16.0 Å². The lowest BCUT2D eigenvalue weighted by molar-refractivity contribution is -0.114. The second-order valence-corrected chi connectivity index (χ2v) is 6.27. The molecule has 0 unspecified atom stereocenters. The molecule has 2 aromatic carbocycles. The highest BCUT2D eigenvalue weighted by molar-refractivity contribution is 6.04. The maximum absolute atomic E-state index is 12.4. The number of amides is 2.